The number of carbonyl (C=O) groups excluding carboxylic acids is 2. The van der Waals surface area contributed by atoms with E-state index >= 15 is 0 Å². The molecular formula is C13H11N3O3. The van der Waals surface area contributed by atoms with E-state index in [1.54, 1.807) is 24.3 Å². The molecule has 0 aliphatic rings. The van der Waals surface area contributed by atoms with Crippen LogP contribution in [0.15, 0.2) is 36.7 Å². The number of nitrogens with zero attached hydrogens (tertiary/aromatic N) is 2. The van der Waals surface area contributed by atoms with Crippen molar-refractivity contribution in [3.63, 3.8) is 0 Å². The van der Waals surface area contributed by atoms with Gasteiger partial charge in [0.15, 0.2) is 5.82 Å². The Morgan fingerprint density at radius 1 is 1.05 bits per heavy atom. The molecular weight excluding hydrogens is 246 g/mol. The van der Waals surface area contributed by atoms with Crippen molar-refractivity contribution in [3.05, 3.63) is 47.8 Å². The van der Waals surface area contributed by atoms with Gasteiger partial charge in [-0.3, -0.25) is 4.79 Å². The summed E-state index contributed by atoms with van der Waals surface area (Å²) in [4.78, 5) is 30.3. The standard InChI is InChI=1S/C13H11N3O3/c1-19-13(18)10-6-15-12(16-7-10)9-4-2-8(3-5-9)11(14)17/h2-7H,1H3,(H2,14,17). The monoisotopic (exact) mass is 257 g/mol. The SMILES string of the molecule is COC(=O)c1cnc(-c2ccc(C(N)=O)cc2)nc1. The van der Waals surface area contributed by atoms with Crippen LogP contribution in [0.25, 0.3) is 11.4 Å². The molecule has 0 radical (unpaired) electrons. The van der Waals surface area contributed by atoms with Gasteiger partial charge in [0, 0.05) is 23.5 Å². The third-order valence-electron chi connectivity index (χ3n) is 2.50. The van der Waals surface area contributed by atoms with Crippen LogP contribution in [0.2, 0.25) is 0 Å². The molecule has 2 aromatic rings. The van der Waals surface area contributed by atoms with E-state index in [1.165, 1.54) is 19.5 Å². The zero-order valence-electron chi connectivity index (χ0n) is 10.2. The fourth-order valence-corrected chi connectivity index (χ4v) is 1.48. The molecule has 1 heterocycles. The Morgan fingerprint density at radius 2 is 1.63 bits per heavy atom. The van der Waals surface area contributed by atoms with Crippen molar-refractivity contribution >= 4 is 11.9 Å². The van der Waals surface area contributed by atoms with Gasteiger partial charge in [0.05, 0.1) is 12.7 Å². The number of nitrogens with two attached hydrogens (primary N) is 1. The van der Waals surface area contributed by atoms with Crippen LogP contribution in [0.5, 0.6) is 0 Å². The third-order valence-corrected chi connectivity index (χ3v) is 2.50. The van der Waals surface area contributed by atoms with E-state index in [4.69, 9.17) is 5.73 Å². The van der Waals surface area contributed by atoms with Gasteiger partial charge in [0.1, 0.15) is 0 Å². The van der Waals surface area contributed by atoms with Gasteiger partial charge >= 0.3 is 5.97 Å². The zero-order valence-corrected chi connectivity index (χ0v) is 10.2. The predicted octanol–water partition coefficient (Wildman–Crippen LogP) is 1.03. The maximum Gasteiger partial charge on any atom is 0.341 e. The van der Waals surface area contributed by atoms with Gasteiger partial charge in [0.25, 0.3) is 0 Å². The number of benzene rings is 1. The maximum absolute atomic E-state index is 11.2. The van der Waals surface area contributed by atoms with E-state index in [0.29, 0.717) is 11.4 Å². The number of ether oxygens (including phenoxy) is 1. The van der Waals surface area contributed by atoms with Crippen molar-refractivity contribution in [1.29, 1.82) is 0 Å². The van der Waals surface area contributed by atoms with E-state index in [2.05, 4.69) is 14.7 Å². The summed E-state index contributed by atoms with van der Waals surface area (Å²) >= 11 is 0. The van der Waals surface area contributed by atoms with Crippen molar-refractivity contribution in [2.45, 2.75) is 0 Å². The summed E-state index contributed by atoms with van der Waals surface area (Å²) in [5.74, 6) is -0.534. The number of methoxy groups -OCH3 is 1. The Bertz CT molecular complexity index is 606. The van der Waals surface area contributed by atoms with Crippen molar-refractivity contribution in [2.24, 2.45) is 5.73 Å². The lowest BCUT2D eigenvalue weighted by molar-refractivity contribution is 0.0599. The van der Waals surface area contributed by atoms with Crippen LogP contribution in [-0.4, -0.2) is 29.0 Å². The number of hydrogen-bond donors (Lipinski definition) is 1. The van der Waals surface area contributed by atoms with Crippen LogP contribution in [0, 0.1) is 0 Å². The Morgan fingerprint density at radius 3 is 2.11 bits per heavy atom. The summed E-state index contributed by atoms with van der Waals surface area (Å²) in [6.07, 6.45) is 2.77. The highest BCUT2D eigenvalue weighted by molar-refractivity contribution is 5.93. The summed E-state index contributed by atoms with van der Waals surface area (Å²) in [5, 5.41) is 0. The van der Waals surface area contributed by atoms with Crippen LogP contribution in [-0.2, 0) is 4.74 Å². The largest absolute Gasteiger partial charge is 0.465 e. The van der Waals surface area contributed by atoms with Gasteiger partial charge in [-0.2, -0.15) is 0 Å². The minimum Gasteiger partial charge on any atom is -0.465 e. The highest BCUT2D eigenvalue weighted by atomic mass is 16.5. The third kappa shape index (κ3) is 2.74. The van der Waals surface area contributed by atoms with Gasteiger partial charge < -0.3 is 10.5 Å². The van der Waals surface area contributed by atoms with E-state index in [9.17, 15) is 9.59 Å². The lowest BCUT2D eigenvalue weighted by atomic mass is 10.1. The van der Waals surface area contributed by atoms with E-state index in [-0.39, 0.29) is 5.56 Å². The molecule has 2 rings (SSSR count). The molecule has 96 valence electrons. The number of amides is 1. The van der Waals surface area contributed by atoms with Crippen molar-refractivity contribution in [2.75, 3.05) is 7.11 Å². The van der Waals surface area contributed by atoms with Crippen molar-refractivity contribution < 1.29 is 14.3 Å². The fraction of sp³-hybridized carbons (Fsp3) is 0.0769. The summed E-state index contributed by atoms with van der Waals surface area (Å²) in [5.41, 5.74) is 6.56. The summed E-state index contributed by atoms with van der Waals surface area (Å²) in [6.45, 7) is 0. The molecule has 0 aliphatic heterocycles. The van der Waals surface area contributed by atoms with Crippen LogP contribution >= 0.6 is 0 Å². The van der Waals surface area contributed by atoms with Crippen molar-refractivity contribution in [1.82, 2.24) is 9.97 Å². The second kappa shape index (κ2) is 5.26. The quantitative estimate of drug-likeness (QED) is 0.828. The molecule has 1 aromatic heterocycles. The second-order valence-corrected chi connectivity index (χ2v) is 3.73. The number of aromatic nitrogens is 2. The van der Waals surface area contributed by atoms with E-state index in [0.717, 1.165) is 5.56 Å². The number of hydrogen-bond acceptors (Lipinski definition) is 5. The fourth-order valence-electron chi connectivity index (χ4n) is 1.48. The molecule has 19 heavy (non-hydrogen) atoms. The molecule has 1 amide bonds. The Hall–Kier alpha value is -2.76. The molecule has 1 aromatic carbocycles. The summed E-state index contributed by atoms with van der Waals surface area (Å²) in [7, 11) is 1.29. The molecule has 0 atom stereocenters. The molecule has 6 heteroatoms. The molecule has 6 nitrogen and oxygen atoms in total. The molecule has 0 spiro atoms. The van der Waals surface area contributed by atoms with E-state index < -0.39 is 11.9 Å². The average Bonchev–Trinajstić information content (AvgIpc) is 2.46. The second-order valence-electron chi connectivity index (χ2n) is 3.73. The molecule has 0 aliphatic carbocycles. The Kier molecular flexibility index (Phi) is 3.51. The molecule has 0 bridgehead atoms. The van der Waals surface area contributed by atoms with Crippen LogP contribution in [0.4, 0.5) is 0 Å². The van der Waals surface area contributed by atoms with Gasteiger partial charge in [-0.15, -0.1) is 0 Å². The van der Waals surface area contributed by atoms with Gasteiger partial charge in [-0.1, -0.05) is 12.1 Å². The number of esters is 1. The number of primary amides is 1. The molecule has 0 unspecified atom stereocenters. The van der Waals surface area contributed by atoms with Crippen LogP contribution < -0.4 is 5.73 Å². The lowest BCUT2D eigenvalue weighted by Gasteiger charge is -2.02. The molecule has 2 N–H and O–H groups in total. The first-order valence-electron chi connectivity index (χ1n) is 5.42. The molecule has 0 saturated carbocycles. The van der Waals surface area contributed by atoms with Crippen LogP contribution in [0.3, 0.4) is 0 Å². The first-order valence-corrected chi connectivity index (χ1v) is 5.42. The van der Waals surface area contributed by atoms with Gasteiger partial charge in [0.2, 0.25) is 5.91 Å². The highest BCUT2D eigenvalue weighted by Crippen LogP contribution is 2.15. The van der Waals surface area contributed by atoms with E-state index in [1.807, 2.05) is 0 Å². The minimum absolute atomic E-state index is 0.278. The van der Waals surface area contributed by atoms with Gasteiger partial charge in [-0.25, -0.2) is 14.8 Å². The first-order chi connectivity index (χ1) is 9.11. The highest BCUT2D eigenvalue weighted by Gasteiger charge is 2.08. The van der Waals surface area contributed by atoms with Crippen LogP contribution in [0.1, 0.15) is 20.7 Å². The number of carbonyl (C=O) groups is 2. The topological polar surface area (TPSA) is 95.2 Å². The van der Waals surface area contributed by atoms with Crippen molar-refractivity contribution in [3.8, 4) is 11.4 Å². The maximum atomic E-state index is 11.2. The minimum atomic E-state index is -0.492. The Balaban J connectivity index is 2.27. The predicted molar refractivity (Wildman–Crippen MR) is 67.3 cm³/mol. The smallest absolute Gasteiger partial charge is 0.341 e. The average molecular weight is 257 g/mol. The lowest BCUT2D eigenvalue weighted by Crippen LogP contribution is -2.10. The summed E-state index contributed by atoms with van der Waals surface area (Å²) in [6, 6.07) is 6.56. The number of rotatable bonds is 3. The molecule has 0 saturated heterocycles. The first kappa shape index (κ1) is 12.7. The zero-order chi connectivity index (χ0) is 13.8. The molecule has 0 fully saturated rings. The normalized spacial score (nSPS) is 9.95. The van der Waals surface area contributed by atoms with Gasteiger partial charge in [-0.05, 0) is 12.1 Å². The Labute approximate surface area is 109 Å². The summed E-state index contributed by atoms with van der Waals surface area (Å²) < 4.78 is 4.55.